The first-order valence-corrected chi connectivity index (χ1v) is 7.25. The molecule has 0 atom stereocenters. The maximum Gasteiger partial charge on any atom is 0.162 e. The lowest BCUT2D eigenvalue weighted by atomic mass is 10.1. The van der Waals surface area contributed by atoms with Gasteiger partial charge in [0.1, 0.15) is 0 Å². The van der Waals surface area contributed by atoms with Gasteiger partial charge in [-0.3, -0.25) is 0 Å². The van der Waals surface area contributed by atoms with Crippen LogP contribution in [0.25, 0.3) is 10.8 Å². The number of hydrogen-bond donors (Lipinski definition) is 1. The minimum atomic E-state index is 0.622. The Morgan fingerprint density at radius 2 is 2.28 bits per heavy atom. The molecular weight excluding hydrogens is 244 g/mol. The van der Waals surface area contributed by atoms with Crippen molar-refractivity contribution in [2.75, 3.05) is 6.54 Å². The summed E-state index contributed by atoms with van der Waals surface area (Å²) >= 11 is 1.73. The predicted octanol–water partition coefficient (Wildman–Crippen LogP) is 3.71. The van der Waals surface area contributed by atoms with Crippen molar-refractivity contribution in [3.63, 3.8) is 0 Å². The summed E-state index contributed by atoms with van der Waals surface area (Å²) in [6.07, 6.45) is 2.72. The van der Waals surface area contributed by atoms with Crippen molar-refractivity contribution in [1.29, 1.82) is 0 Å². The zero-order chi connectivity index (χ0) is 13.0. The Kier molecular flexibility index (Phi) is 4.55. The zero-order valence-electron chi connectivity index (χ0n) is 11.2. The van der Waals surface area contributed by atoms with E-state index in [1.807, 2.05) is 12.1 Å². The van der Waals surface area contributed by atoms with Gasteiger partial charge in [-0.1, -0.05) is 20.8 Å². The largest absolute Gasteiger partial charge is 0.462 e. The second-order valence-electron chi connectivity index (χ2n) is 4.74. The van der Waals surface area contributed by atoms with Gasteiger partial charge < -0.3 is 9.73 Å². The van der Waals surface area contributed by atoms with Crippen molar-refractivity contribution in [1.82, 2.24) is 10.3 Å². The molecule has 0 amide bonds. The van der Waals surface area contributed by atoms with Crippen LogP contribution < -0.4 is 5.32 Å². The number of furan rings is 1. The van der Waals surface area contributed by atoms with Crippen LogP contribution in [0.2, 0.25) is 0 Å². The van der Waals surface area contributed by atoms with Crippen LogP contribution in [-0.2, 0) is 13.0 Å². The third-order valence-corrected chi connectivity index (χ3v) is 3.76. The molecule has 0 fully saturated rings. The summed E-state index contributed by atoms with van der Waals surface area (Å²) in [5, 5.41) is 4.37. The first-order chi connectivity index (χ1) is 8.70. The highest BCUT2D eigenvalue weighted by atomic mass is 32.1. The summed E-state index contributed by atoms with van der Waals surface area (Å²) in [6.45, 7) is 8.45. The fourth-order valence-corrected chi connectivity index (χ4v) is 2.84. The Morgan fingerprint density at radius 1 is 1.44 bits per heavy atom. The van der Waals surface area contributed by atoms with E-state index in [1.54, 1.807) is 17.6 Å². The van der Waals surface area contributed by atoms with Gasteiger partial charge in [-0.2, -0.15) is 0 Å². The van der Waals surface area contributed by atoms with E-state index in [0.717, 1.165) is 30.3 Å². The van der Waals surface area contributed by atoms with Gasteiger partial charge in [0.05, 0.1) is 12.0 Å². The van der Waals surface area contributed by atoms with Crippen LogP contribution in [0.5, 0.6) is 0 Å². The molecule has 0 saturated carbocycles. The van der Waals surface area contributed by atoms with Crippen molar-refractivity contribution in [3.05, 3.63) is 29.0 Å². The van der Waals surface area contributed by atoms with Crippen LogP contribution in [-0.4, -0.2) is 11.5 Å². The van der Waals surface area contributed by atoms with Crippen LogP contribution in [0.15, 0.2) is 22.8 Å². The Hall–Kier alpha value is -1.13. The van der Waals surface area contributed by atoms with Crippen LogP contribution in [0.3, 0.4) is 0 Å². The molecule has 0 aliphatic heterocycles. The van der Waals surface area contributed by atoms with Crippen molar-refractivity contribution < 1.29 is 4.42 Å². The molecule has 0 spiro atoms. The molecule has 0 aliphatic carbocycles. The average Bonchev–Trinajstić information content (AvgIpc) is 2.94. The molecule has 0 unspecified atom stereocenters. The molecule has 2 aromatic rings. The third kappa shape index (κ3) is 3.21. The fraction of sp³-hybridized carbons (Fsp3) is 0.500. The number of rotatable bonds is 6. The highest BCUT2D eigenvalue weighted by Crippen LogP contribution is 2.29. The average molecular weight is 264 g/mol. The minimum absolute atomic E-state index is 0.622. The molecule has 18 heavy (non-hydrogen) atoms. The van der Waals surface area contributed by atoms with E-state index in [9.17, 15) is 0 Å². The lowest BCUT2D eigenvalue weighted by Crippen LogP contribution is -2.12. The monoisotopic (exact) mass is 264 g/mol. The van der Waals surface area contributed by atoms with Gasteiger partial charge in [0.25, 0.3) is 0 Å². The SMILES string of the molecule is CCNCc1sc(-c2ccco2)nc1CC(C)C. The maximum atomic E-state index is 5.42. The Balaban J connectivity index is 2.25. The first kappa shape index (κ1) is 13.3. The van der Waals surface area contributed by atoms with Crippen LogP contribution in [0.1, 0.15) is 31.3 Å². The summed E-state index contributed by atoms with van der Waals surface area (Å²) < 4.78 is 5.42. The molecule has 98 valence electrons. The van der Waals surface area contributed by atoms with Crippen molar-refractivity contribution >= 4 is 11.3 Å². The van der Waals surface area contributed by atoms with Crippen LogP contribution in [0.4, 0.5) is 0 Å². The van der Waals surface area contributed by atoms with Gasteiger partial charge in [0, 0.05) is 11.4 Å². The number of thiazole rings is 1. The molecule has 0 aliphatic rings. The Bertz CT molecular complexity index is 474. The van der Waals surface area contributed by atoms with Crippen molar-refractivity contribution in [2.45, 2.75) is 33.7 Å². The molecule has 0 bridgehead atoms. The van der Waals surface area contributed by atoms with E-state index >= 15 is 0 Å². The number of nitrogens with zero attached hydrogens (tertiary/aromatic N) is 1. The van der Waals surface area contributed by atoms with Crippen LogP contribution >= 0.6 is 11.3 Å². The molecule has 2 rings (SSSR count). The topological polar surface area (TPSA) is 38.1 Å². The molecule has 0 radical (unpaired) electrons. The van der Waals surface area contributed by atoms with Gasteiger partial charge in [0.2, 0.25) is 0 Å². The minimum Gasteiger partial charge on any atom is -0.462 e. The van der Waals surface area contributed by atoms with Crippen molar-refractivity contribution in [2.24, 2.45) is 5.92 Å². The second kappa shape index (κ2) is 6.16. The molecule has 3 nitrogen and oxygen atoms in total. The standard InChI is InChI=1S/C14H20N2OS/c1-4-15-9-13-11(8-10(2)3)16-14(18-13)12-6-5-7-17-12/h5-7,10,15H,4,8-9H2,1-3H3. The highest BCUT2D eigenvalue weighted by molar-refractivity contribution is 7.15. The highest BCUT2D eigenvalue weighted by Gasteiger charge is 2.14. The van der Waals surface area contributed by atoms with Gasteiger partial charge >= 0.3 is 0 Å². The summed E-state index contributed by atoms with van der Waals surface area (Å²) in [5.41, 5.74) is 1.21. The maximum absolute atomic E-state index is 5.42. The molecule has 4 heteroatoms. The van der Waals surface area contributed by atoms with E-state index < -0.39 is 0 Å². The fourth-order valence-electron chi connectivity index (χ4n) is 1.81. The normalized spacial score (nSPS) is 11.3. The number of nitrogens with one attached hydrogen (secondary N) is 1. The summed E-state index contributed by atoms with van der Waals surface area (Å²) in [5.74, 6) is 1.49. The molecule has 2 aromatic heterocycles. The van der Waals surface area contributed by atoms with E-state index in [4.69, 9.17) is 9.40 Å². The Labute approximate surface area is 112 Å². The molecule has 2 heterocycles. The van der Waals surface area contributed by atoms with Gasteiger partial charge in [0.15, 0.2) is 10.8 Å². The van der Waals surface area contributed by atoms with E-state index in [-0.39, 0.29) is 0 Å². The molecule has 0 aromatic carbocycles. The van der Waals surface area contributed by atoms with Crippen LogP contribution in [0, 0.1) is 5.92 Å². The van der Waals surface area contributed by atoms with E-state index in [0.29, 0.717) is 5.92 Å². The third-order valence-electron chi connectivity index (χ3n) is 2.65. The van der Waals surface area contributed by atoms with Gasteiger partial charge in [-0.05, 0) is 31.0 Å². The molecule has 0 saturated heterocycles. The molecule has 1 N–H and O–H groups in total. The predicted molar refractivity (Wildman–Crippen MR) is 75.7 cm³/mol. The zero-order valence-corrected chi connectivity index (χ0v) is 12.0. The lowest BCUT2D eigenvalue weighted by molar-refractivity contribution is 0.580. The number of aromatic nitrogens is 1. The summed E-state index contributed by atoms with van der Waals surface area (Å²) in [4.78, 5) is 6.06. The Morgan fingerprint density at radius 3 is 2.89 bits per heavy atom. The first-order valence-electron chi connectivity index (χ1n) is 6.43. The summed E-state index contributed by atoms with van der Waals surface area (Å²) in [7, 11) is 0. The quantitative estimate of drug-likeness (QED) is 0.864. The van der Waals surface area contributed by atoms with E-state index in [1.165, 1.54) is 10.6 Å². The number of hydrogen-bond acceptors (Lipinski definition) is 4. The second-order valence-corrected chi connectivity index (χ2v) is 5.83. The van der Waals surface area contributed by atoms with Gasteiger partial charge in [-0.15, -0.1) is 11.3 Å². The van der Waals surface area contributed by atoms with Crippen molar-refractivity contribution in [3.8, 4) is 10.8 Å². The lowest BCUT2D eigenvalue weighted by Gasteiger charge is -2.04. The molecular formula is C14H20N2OS. The smallest absolute Gasteiger partial charge is 0.162 e. The van der Waals surface area contributed by atoms with Gasteiger partial charge in [-0.25, -0.2) is 4.98 Å². The van der Waals surface area contributed by atoms with E-state index in [2.05, 4.69) is 26.1 Å². The summed E-state index contributed by atoms with van der Waals surface area (Å²) in [6, 6.07) is 3.87.